The molecule has 0 heterocycles. The first kappa shape index (κ1) is 12.2. The number of hydrogen-bond donors (Lipinski definition) is 1. The molecule has 0 amide bonds. The SMILES string of the molecule is CCN(CC)CCNCCCCl. The van der Waals surface area contributed by atoms with Crippen molar-refractivity contribution in [3.63, 3.8) is 0 Å². The Hall–Kier alpha value is 0.210. The van der Waals surface area contributed by atoms with E-state index in [0.717, 1.165) is 45.0 Å². The minimum Gasteiger partial charge on any atom is -0.315 e. The molecule has 0 bridgehead atoms. The fraction of sp³-hybridized carbons (Fsp3) is 1.00. The van der Waals surface area contributed by atoms with Gasteiger partial charge >= 0.3 is 0 Å². The van der Waals surface area contributed by atoms with Crippen LogP contribution in [0.2, 0.25) is 0 Å². The van der Waals surface area contributed by atoms with Crippen LogP contribution in [0.4, 0.5) is 0 Å². The van der Waals surface area contributed by atoms with Gasteiger partial charge in [0.2, 0.25) is 0 Å². The highest BCUT2D eigenvalue weighted by Gasteiger charge is 1.96. The second-order valence-electron chi connectivity index (χ2n) is 2.82. The van der Waals surface area contributed by atoms with Gasteiger partial charge in [0, 0.05) is 19.0 Å². The summed E-state index contributed by atoms with van der Waals surface area (Å²) in [6.45, 7) is 9.96. The number of alkyl halides is 1. The third-order valence-corrected chi connectivity index (χ3v) is 2.25. The number of likely N-dealkylation sites (N-methyl/N-ethyl adjacent to an activating group) is 1. The molecule has 1 N–H and O–H groups in total. The van der Waals surface area contributed by atoms with Crippen molar-refractivity contribution >= 4 is 11.6 Å². The summed E-state index contributed by atoms with van der Waals surface area (Å²) in [7, 11) is 0. The highest BCUT2D eigenvalue weighted by atomic mass is 35.5. The van der Waals surface area contributed by atoms with Crippen molar-refractivity contribution < 1.29 is 0 Å². The van der Waals surface area contributed by atoms with Crippen molar-refractivity contribution in [1.29, 1.82) is 0 Å². The van der Waals surface area contributed by atoms with Crippen LogP contribution in [0.3, 0.4) is 0 Å². The Morgan fingerprint density at radius 1 is 1.17 bits per heavy atom. The normalized spacial score (nSPS) is 11.0. The van der Waals surface area contributed by atoms with Gasteiger partial charge in [-0.05, 0) is 26.1 Å². The van der Waals surface area contributed by atoms with Crippen LogP contribution in [0.25, 0.3) is 0 Å². The summed E-state index contributed by atoms with van der Waals surface area (Å²) in [5.74, 6) is 0.762. The maximum absolute atomic E-state index is 5.55. The topological polar surface area (TPSA) is 15.3 Å². The average Bonchev–Trinajstić information content (AvgIpc) is 2.11. The fourth-order valence-corrected chi connectivity index (χ4v) is 1.23. The molecule has 12 heavy (non-hydrogen) atoms. The van der Waals surface area contributed by atoms with Gasteiger partial charge in [0.25, 0.3) is 0 Å². The molecule has 0 aliphatic heterocycles. The molecule has 0 aromatic heterocycles. The number of nitrogens with one attached hydrogen (secondary N) is 1. The summed E-state index contributed by atoms with van der Waals surface area (Å²) < 4.78 is 0. The molecule has 74 valence electrons. The van der Waals surface area contributed by atoms with Gasteiger partial charge in [-0.3, -0.25) is 0 Å². The van der Waals surface area contributed by atoms with E-state index in [1.54, 1.807) is 0 Å². The van der Waals surface area contributed by atoms with E-state index in [-0.39, 0.29) is 0 Å². The van der Waals surface area contributed by atoms with Crippen LogP contribution in [-0.4, -0.2) is 43.5 Å². The molecular weight excluding hydrogens is 172 g/mol. The Morgan fingerprint density at radius 3 is 2.33 bits per heavy atom. The first-order valence-corrected chi connectivity index (χ1v) is 5.37. The van der Waals surface area contributed by atoms with Crippen molar-refractivity contribution in [2.75, 3.05) is 38.6 Å². The smallest absolute Gasteiger partial charge is 0.0235 e. The minimum atomic E-state index is 0.762. The molecule has 0 spiro atoms. The lowest BCUT2D eigenvalue weighted by atomic mass is 10.4. The number of nitrogens with zero attached hydrogens (tertiary/aromatic N) is 1. The zero-order valence-electron chi connectivity index (χ0n) is 8.27. The monoisotopic (exact) mass is 192 g/mol. The van der Waals surface area contributed by atoms with E-state index in [9.17, 15) is 0 Å². The Labute approximate surface area is 81.3 Å². The van der Waals surface area contributed by atoms with Crippen molar-refractivity contribution in [3.8, 4) is 0 Å². The first-order valence-electron chi connectivity index (χ1n) is 4.84. The van der Waals surface area contributed by atoms with Gasteiger partial charge in [-0.1, -0.05) is 13.8 Å². The number of rotatable bonds is 8. The van der Waals surface area contributed by atoms with Crippen molar-refractivity contribution in [3.05, 3.63) is 0 Å². The van der Waals surface area contributed by atoms with Crippen LogP contribution in [0, 0.1) is 0 Å². The zero-order chi connectivity index (χ0) is 9.23. The third kappa shape index (κ3) is 6.89. The minimum absolute atomic E-state index is 0.762. The molecule has 0 rings (SSSR count). The molecule has 3 heteroatoms. The van der Waals surface area contributed by atoms with Gasteiger partial charge in [0.1, 0.15) is 0 Å². The van der Waals surface area contributed by atoms with Gasteiger partial charge in [-0.25, -0.2) is 0 Å². The van der Waals surface area contributed by atoms with Gasteiger partial charge in [0.15, 0.2) is 0 Å². The average molecular weight is 193 g/mol. The summed E-state index contributed by atoms with van der Waals surface area (Å²) in [5, 5.41) is 3.36. The summed E-state index contributed by atoms with van der Waals surface area (Å²) in [6, 6.07) is 0. The Balaban J connectivity index is 3.06. The van der Waals surface area contributed by atoms with Gasteiger partial charge in [0.05, 0.1) is 0 Å². The lowest BCUT2D eigenvalue weighted by Gasteiger charge is -2.17. The summed E-state index contributed by atoms with van der Waals surface area (Å²) in [6.07, 6.45) is 1.07. The molecule has 0 atom stereocenters. The largest absolute Gasteiger partial charge is 0.315 e. The molecular formula is C9H21ClN2. The molecule has 0 saturated carbocycles. The molecule has 0 aromatic rings. The summed E-state index contributed by atoms with van der Waals surface area (Å²) >= 11 is 5.55. The van der Waals surface area contributed by atoms with Crippen LogP contribution < -0.4 is 5.32 Å². The van der Waals surface area contributed by atoms with Crippen LogP contribution >= 0.6 is 11.6 Å². The highest BCUT2D eigenvalue weighted by molar-refractivity contribution is 6.17. The highest BCUT2D eigenvalue weighted by Crippen LogP contribution is 1.85. The lowest BCUT2D eigenvalue weighted by Crippen LogP contribution is -2.32. The van der Waals surface area contributed by atoms with E-state index in [4.69, 9.17) is 11.6 Å². The molecule has 0 saturated heterocycles. The predicted octanol–water partition coefficient (Wildman–Crippen LogP) is 1.55. The van der Waals surface area contributed by atoms with E-state index in [0.29, 0.717) is 0 Å². The van der Waals surface area contributed by atoms with Crippen molar-refractivity contribution in [2.24, 2.45) is 0 Å². The Kier molecular flexibility index (Phi) is 9.46. The van der Waals surface area contributed by atoms with E-state index >= 15 is 0 Å². The van der Waals surface area contributed by atoms with Gasteiger partial charge < -0.3 is 10.2 Å². The maximum Gasteiger partial charge on any atom is 0.0235 e. The van der Waals surface area contributed by atoms with Gasteiger partial charge in [-0.2, -0.15) is 0 Å². The second-order valence-corrected chi connectivity index (χ2v) is 3.20. The molecule has 0 aromatic carbocycles. The predicted molar refractivity (Wildman–Crippen MR) is 56.0 cm³/mol. The molecule has 2 nitrogen and oxygen atoms in total. The van der Waals surface area contributed by atoms with E-state index in [2.05, 4.69) is 24.1 Å². The molecule has 0 unspecified atom stereocenters. The van der Waals surface area contributed by atoms with E-state index in [1.807, 2.05) is 0 Å². The summed E-state index contributed by atoms with van der Waals surface area (Å²) in [5.41, 5.74) is 0. The molecule has 0 radical (unpaired) electrons. The quantitative estimate of drug-likeness (QED) is 0.464. The van der Waals surface area contributed by atoms with Gasteiger partial charge in [-0.15, -0.1) is 11.6 Å². The van der Waals surface area contributed by atoms with Crippen molar-refractivity contribution in [1.82, 2.24) is 10.2 Å². The van der Waals surface area contributed by atoms with E-state index < -0.39 is 0 Å². The standard InChI is InChI=1S/C9H21ClN2/c1-3-12(4-2)9-8-11-7-5-6-10/h11H,3-9H2,1-2H3. The maximum atomic E-state index is 5.55. The Morgan fingerprint density at radius 2 is 1.83 bits per heavy atom. The fourth-order valence-electron chi connectivity index (χ4n) is 1.09. The number of hydrogen-bond acceptors (Lipinski definition) is 2. The van der Waals surface area contributed by atoms with Crippen LogP contribution in [0.5, 0.6) is 0 Å². The third-order valence-electron chi connectivity index (χ3n) is 1.99. The van der Waals surface area contributed by atoms with Crippen LogP contribution in [-0.2, 0) is 0 Å². The number of halogens is 1. The van der Waals surface area contributed by atoms with Crippen LogP contribution in [0.15, 0.2) is 0 Å². The van der Waals surface area contributed by atoms with E-state index in [1.165, 1.54) is 0 Å². The molecule has 0 fully saturated rings. The Bertz CT molecular complexity index is 84.6. The molecule has 0 aliphatic carbocycles. The van der Waals surface area contributed by atoms with Crippen LogP contribution in [0.1, 0.15) is 20.3 Å². The zero-order valence-corrected chi connectivity index (χ0v) is 9.03. The summed E-state index contributed by atoms with van der Waals surface area (Å²) in [4.78, 5) is 2.41. The molecule has 0 aliphatic rings. The second kappa shape index (κ2) is 9.30. The first-order chi connectivity index (χ1) is 5.85. The van der Waals surface area contributed by atoms with Crippen molar-refractivity contribution in [2.45, 2.75) is 20.3 Å². The lowest BCUT2D eigenvalue weighted by molar-refractivity contribution is 0.302.